The molecule has 6 aliphatic rings. The van der Waals surface area contributed by atoms with Crippen LogP contribution in [0.2, 0.25) is 0 Å². The lowest BCUT2D eigenvalue weighted by molar-refractivity contribution is -0.142. The van der Waals surface area contributed by atoms with E-state index in [4.69, 9.17) is 19.2 Å². The molecule has 15 nitrogen and oxygen atoms in total. The zero-order chi connectivity index (χ0) is 44.7. The van der Waals surface area contributed by atoms with E-state index in [1.165, 1.54) is 11.3 Å². The van der Waals surface area contributed by atoms with Crippen molar-refractivity contribution in [1.29, 1.82) is 0 Å². The molecule has 0 spiro atoms. The average molecular weight is 891 g/mol. The molecular formula is C47H66N6O9S. The Morgan fingerprint density at radius 1 is 1.02 bits per heavy atom. The predicted octanol–water partition coefficient (Wildman–Crippen LogP) is 6.07. The highest BCUT2D eigenvalue weighted by atomic mass is 32.2. The topological polar surface area (TPSA) is 186 Å². The molecule has 344 valence electrons. The number of hydrogen-bond donors (Lipinski definition) is 3. The molecule has 3 N–H and O–H groups in total. The minimum absolute atomic E-state index is 0.0185. The third kappa shape index (κ3) is 9.75. The lowest BCUT2D eigenvalue weighted by atomic mass is 9.83. The van der Waals surface area contributed by atoms with Crippen LogP contribution < -0.4 is 29.7 Å². The normalized spacial score (nSPS) is 28.5. The molecule has 16 heteroatoms. The van der Waals surface area contributed by atoms with Gasteiger partial charge in [-0.25, -0.2) is 18.2 Å². The maximum absolute atomic E-state index is 15.1. The molecule has 4 saturated carbocycles. The fourth-order valence-electron chi connectivity index (χ4n) is 10.4. The minimum atomic E-state index is -3.91. The summed E-state index contributed by atoms with van der Waals surface area (Å²) in [5.41, 5.74) is -0.241. The van der Waals surface area contributed by atoms with Crippen LogP contribution in [-0.4, -0.2) is 104 Å². The molecule has 2 aliphatic heterocycles. The van der Waals surface area contributed by atoms with E-state index in [0.717, 1.165) is 87.4 Å². The minimum Gasteiger partial charge on any atom is -0.496 e. The molecule has 3 heterocycles. The first-order valence-corrected chi connectivity index (χ1v) is 24.8. The van der Waals surface area contributed by atoms with Crippen molar-refractivity contribution in [2.24, 2.45) is 17.3 Å². The van der Waals surface area contributed by atoms with Gasteiger partial charge in [-0.3, -0.25) is 19.1 Å². The molecule has 5 atom stereocenters. The molecule has 1 aromatic heterocycles. The molecule has 63 heavy (non-hydrogen) atoms. The van der Waals surface area contributed by atoms with Crippen LogP contribution in [0.4, 0.5) is 10.6 Å². The van der Waals surface area contributed by atoms with Gasteiger partial charge in [-0.05, 0) is 87.2 Å². The van der Waals surface area contributed by atoms with E-state index >= 15 is 4.79 Å². The number of sulfonamides is 1. The summed E-state index contributed by atoms with van der Waals surface area (Å²) in [6.45, 7) is 8.12. The zero-order valence-electron chi connectivity index (χ0n) is 37.4. The van der Waals surface area contributed by atoms with Gasteiger partial charge in [0, 0.05) is 42.9 Å². The molecule has 4 aliphatic carbocycles. The Hall–Kier alpha value is -4.60. The summed E-state index contributed by atoms with van der Waals surface area (Å²) >= 11 is 0. The summed E-state index contributed by atoms with van der Waals surface area (Å²) in [5.74, 6) is -0.518. The van der Waals surface area contributed by atoms with Crippen LogP contribution in [0.25, 0.3) is 10.9 Å². The number of hydrogen-bond acceptors (Lipinski definition) is 11. The number of benzene rings is 1. The van der Waals surface area contributed by atoms with Crippen molar-refractivity contribution in [1.82, 2.24) is 25.2 Å². The lowest BCUT2D eigenvalue weighted by Crippen LogP contribution is -2.59. The summed E-state index contributed by atoms with van der Waals surface area (Å²) in [5, 5.41) is 6.00. The van der Waals surface area contributed by atoms with Gasteiger partial charge in [-0.15, -0.1) is 6.58 Å². The van der Waals surface area contributed by atoms with E-state index in [1.807, 2.05) is 12.1 Å². The first-order chi connectivity index (χ1) is 30.1. The molecule has 2 aromatic rings. The van der Waals surface area contributed by atoms with Crippen molar-refractivity contribution in [2.75, 3.05) is 32.2 Å². The predicted molar refractivity (Wildman–Crippen MR) is 239 cm³/mol. The number of cyclic esters (lactones) is 1. The largest absolute Gasteiger partial charge is 0.496 e. The fourth-order valence-corrected chi connectivity index (χ4v) is 11.8. The number of alkyl carbamates (subject to hydrolysis) is 1. The number of carbonyl (C=O) groups is 4. The standard InChI is InChI=1S/C47H66N6O9S/c1-6-31-26-47(31,44(56)51-63(58,59)34-19-20-34)50-42(54)37-23-33-27-53(37)43(55)41(29-14-9-7-10-15-29)49-45(57)61-28-46(2,3)21-13-16-30-22-35-36(24-38(30)60-5)48-40(25-39(35)62-33)52(4)32-17-11-8-12-18-32/h6,22,24-25,29,31-34,37,41H,1,7-21,23,26-28H2,2-5H3,(H,49,57)(H,50,54)(H,51,56)/t31-,33-,37+,41+,47?/m1/s1. The van der Waals surface area contributed by atoms with E-state index < -0.39 is 68.7 Å². The summed E-state index contributed by atoms with van der Waals surface area (Å²) < 4.78 is 46.8. The Morgan fingerprint density at radius 2 is 1.73 bits per heavy atom. The summed E-state index contributed by atoms with van der Waals surface area (Å²) in [4.78, 5) is 66.2. The fraction of sp³-hybridized carbons (Fsp3) is 0.681. The highest BCUT2D eigenvalue weighted by Crippen LogP contribution is 2.46. The maximum Gasteiger partial charge on any atom is 0.407 e. The van der Waals surface area contributed by atoms with Gasteiger partial charge in [0.25, 0.3) is 5.91 Å². The van der Waals surface area contributed by atoms with Gasteiger partial charge in [-0.1, -0.05) is 58.4 Å². The van der Waals surface area contributed by atoms with Crippen LogP contribution in [-0.2, 0) is 35.6 Å². The van der Waals surface area contributed by atoms with Gasteiger partial charge < -0.3 is 34.6 Å². The van der Waals surface area contributed by atoms with Crippen LogP contribution in [0.1, 0.15) is 122 Å². The SMILES string of the molecule is C=C[C@@H]1CC1(NC(=O)[C@@H]1C[C@@H]2CN1C(=O)[C@H](C1CCCCC1)NC(=O)OCC(C)(C)CCCc1cc3c(cc(N(C)C4CCCCC4)nc3cc1OC)O2)C(=O)NS(=O)(=O)C1CC1. The summed E-state index contributed by atoms with van der Waals surface area (Å²) in [6, 6.07) is 4.23. The first-order valence-electron chi connectivity index (χ1n) is 23.3. The molecular weight excluding hydrogens is 825 g/mol. The van der Waals surface area contributed by atoms with E-state index in [0.29, 0.717) is 42.3 Å². The van der Waals surface area contributed by atoms with E-state index in [9.17, 15) is 22.8 Å². The second-order valence-electron chi connectivity index (χ2n) is 19.8. The number of pyridine rings is 1. The Bertz CT molecular complexity index is 2200. The third-order valence-corrected chi connectivity index (χ3v) is 16.4. The molecule has 0 radical (unpaired) electrons. The van der Waals surface area contributed by atoms with E-state index in [-0.39, 0.29) is 37.3 Å². The molecule has 8 rings (SSSR count). The quantitative estimate of drug-likeness (QED) is 0.235. The van der Waals surface area contributed by atoms with Crippen LogP contribution in [0.15, 0.2) is 30.9 Å². The van der Waals surface area contributed by atoms with Crippen LogP contribution >= 0.6 is 0 Å². The highest BCUT2D eigenvalue weighted by molar-refractivity contribution is 7.91. The number of methoxy groups -OCH3 is 1. The smallest absolute Gasteiger partial charge is 0.407 e. The Balaban J connectivity index is 1.18. The number of rotatable bonds is 10. The number of fused-ring (bicyclic) bond motifs is 3. The number of nitrogens with one attached hydrogen (secondary N) is 3. The number of amides is 4. The van der Waals surface area contributed by atoms with Crippen molar-refractivity contribution in [2.45, 2.75) is 158 Å². The van der Waals surface area contributed by atoms with Crippen molar-refractivity contribution < 1.29 is 41.8 Å². The number of anilines is 1. The van der Waals surface area contributed by atoms with E-state index in [1.54, 1.807) is 13.2 Å². The second-order valence-corrected chi connectivity index (χ2v) is 21.8. The van der Waals surface area contributed by atoms with Crippen LogP contribution in [0.5, 0.6) is 11.5 Å². The van der Waals surface area contributed by atoms with Gasteiger partial charge >= 0.3 is 6.09 Å². The van der Waals surface area contributed by atoms with Gasteiger partial charge in [0.05, 0.1) is 31.0 Å². The molecule has 4 amide bonds. The third-order valence-electron chi connectivity index (χ3n) is 14.6. The highest BCUT2D eigenvalue weighted by Gasteiger charge is 2.62. The number of ether oxygens (including phenoxy) is 3. The Labute approximate surface area is 371 Å². The molecule has 5 fully saturated rings. The van der Waals surface area contributed by atoms with E-state index in [2.05, 4.69) is 53.8 Å². The summed E-state index contributed by atoms with van der Waals surface area (Å²) in [6.07, 6.45) is 13.5. The second kappa shape index (κ2) is 18.1. The number of aromatic nitrogens is 1. The average Bonchev–Trinajstić information content (AvgIpc) is 4.21. The number of nitrogens with zero attached hydrogens (tertiary/aromatic N) is 3. The van der Waals surface area contributed by atoms with Gasteiger partial charge in [-0.2, -0.15) is 0 Å². The molecule has 1 aromatic carbocycles. The maximum atomic E-state index is 15.1. The number of aryl methyl sites for hydroxylation is 1. The monoisotopic (exact) mass is 890 g/mol. The van der Waals surface area contributed by atoms with Crippen molar-refractivity contribution in [3.8, 4) is 11.5 Å². The lowest BCUT2D eigenvalue weighted by Gasteiger charge is -2.35. The first kappa shape index (κ1) is 45.0. The van der Waals surface area contributed by atoms with Gasteiger partial charge in [0.2, 0.25) is 21.8 Å². The number of carbonyl (C=O) groups excluding carboxylic acids is 4. The van der Waals surface area contributed by atoms with Crippen molar-refractivity contribution in [3.05, 3.63) is 36.4 Å². The Morgan fingerprint density at radius 3 is 2.40 bits per heavy atom. The molecule has 4 bridgehead atoms. The summed E-state index contributed by atoms with van der Waals surface area (Å²) in [7, 11) is -0.185. The van der Waals surface area contributed by atoms with Gasteiger partial charge in [0.15, 0.2) is 0 Å². The van der Waals surface area contributed by atoms with Crippen LogP contribution in [0.3, 0.4) is 0 Å². The van der Waals surface area contributed by atoms with Crippen molar-refractivity contribution in [3.63, 3.8) is 0 Å². The molecule has 1 saturated heterocycles. The zero-order valence-corrected chi connectivity index (χ0v) is 38.2. The van der Waals surface area contributed by atoms with Crippen LogP contribution in [0, 0.1) is 17.3 Å². The van der Waals surface area contributed by atoms with Crippen molar-refractivity contribution >= 4 is 50.6 Å². The Kier molecular flexibility index (Phi) is 12.9. The molecule has 1 unspecified atom stereocenters. The van der Waals surface area contributed by atoms with Gasteiger partial charge in [0.1, 0.15) is 41.0 Å².